The van der Waals surface area contributed by atoms with Crippen LogP contribution in [-0.2, 0) is 20.4 Å². The first-order chi connectivity index (χ1) is 10.9. The first kappa shape index (κ1) is 19.2. The van der Waals surface area contributed by atoms with Gasteiger partial charge in [-0.15, -0.1) is 0 Å². The van der Waals surface area contributed by atoms with Crippen molar-refractivity contribution in [2.24, 2.45) is 0 Å². The number of rotatable bonds is 9. The zero-order valence-electron chi connectivity index (χ0n) is 13.0. The van der Waals surface area contributed by atoms with Gasteiger partial charge in [0.2, 0.25) is 0 Å². The van der Waals surface area contributed by atoms with E-state index >= 15 is 0 Å². The highest BCUT2D eigenvalue weighted by Gasteiger charge is 2.34. The third kappa shape index (κ3) is 6.87. The average Bonchev–Trinajstić information content (AvgIpc) is 2.50. The third-order valence-corrected chi connectivity index (χ3v) is 2.84. The second-order valence-electron chi connectivity index (χ2n) is 4.65. The van der Waals surface area contributed by atoms with Crippen LogP contribution in [0.1, 0.15) is 12.5 Å². The molecule has 0 unspecified atom stereocenters. The summed E-state index contributed by atoms with van der Waals surface area (Å²) in [5.74, 6) is -0.892. The molecule has 1 aromatic rings. The Balaban J connectivity index is 2.47. The number of alkyl halides is 3. The van der Waals surface area contributed by atoms with E-state index in [0.717, 1.165) is 6.07 Å². The molecule has 0 saturated heterocycles. The molecular formula is C15H20F3NO4. The number of nitrogens with one attached hydrogen (secondary N) is 1. The van der Waals surface area contributed by atoms with Crippen molar-refractivity contribution in [3.05, 3.63) is 29.8 Å². The van der Waals surface area contributed by atoms with Crippen LogP contribution < -0.4 is 10.1 Å². The molecule has 0 aliphatic rings. The summed E-state index contributed by atoms with van der Waals surface area (Å²) in [5, 5.41) is 2.53. The number of hydrogen-bond acceptors (Lipinski definition) is 4. The Bertz CT molecular complexity index is 494. The van der Waals surface area contributed by atoms with Crippen molar-refractivity contribution in [2.75, 3.05) is 33.5 Å². The van der Waals surface area contributed by atoms with E-state index in [4.69, 9.17) is 14.2 Å². The van der Waals surface area contributed by atoms with Gasteiger partial charge in [-0.05, 0) is 19.1 Å². The first-order valence-electron chi connectivity index (χ1n) is 7.03. The molecule has 1 amide bonds. The summed E-state index contributed by atoms with van der Waals surface area (Å²) in [7, 11) is 1.54. The lowest BCUT2D eigenvalue weighted by molar-refractivity contribution is -0.140. The van der Waals surface area contributed by atoms with Gasteiger partial charge >= 0.3 is 6.18 Å². The molecule has 0 bridgehead atoms. The number of para-hydroxylation sites is 1. The molecule has 0 heterocycles. The zero-order chi connectivity index (χ0) is 17.3. The highest BCUT2D eigenvalue weighted by atomic mass is 19.4. The molecular weight excluding hydrogens is 315 g/mol. The fraction of sp³-hybridized carbons (Fsp3) is 0.533. The van der Waals surface area contributed by atoms with E-state index < -0.39 is 23.8 Å². The second kappa shape index (κ2) is 9.36. The summed E-state index contributed by atoms with van der Waals surface area (Å²) in [4.78, 5) is 11.8. The molecule has 0 fully saturated rings. The predicted octanol–water partition coefficient (Wildman–Crippen LogP) is 2.25. The van der Waals surface area contributed by atoms with Gasteiger partial charge in [0.25, 0.3) is 5.91 Å². The van der Waals surface area contributed by atoms with E-state index in [1.54, 1.807) is 7.11 Å². The van der Waals surface area contributed by atoms with Crippen LogP contribution in [0.25, 0.3) is 0 Å². The molecule has 0 saturated carbocycles. The van der Waals surface area contributed by atoms with E-state index in [1.807, 2.05) is 0 Å². The standard InChI is InChI=1S/C15H20F3NO4/c1-11(14(20)19-7-8-22-10-9-21-2)23-13-6-4-3-5-12(13)15(16,17)18/h3-6,11H,7-10H2,1-2H3,(H,19,20)/t11-/m1/s1. The zero-order valence-corrected chi connectivity index (χ0v) is 13.0. The van der Waals surface area contributed by atoms with E-state index in [1.165, 1.54) is 25.1 Å². The van der Waals surface area contributed by atoms with Crippen molar-refractivity contribution < 1.29 is 32.2 Å². The highest BCUT2D eigenvalue weighted by Crippen LogP contribution is 2.36. The molecule has 0 radical (unpaired) electrons. The molecule has 1 rings (SSSR count). The van der Waals surface area contributed by atoms with Crippen LogP contribution in [0, 0.1) is 0 Å². The van der Waals surface area contributed by atoms with Crippen LogP contribution >= 0.6 is 0 Å². The predicted molar refractivity (Wildman–Crippen MR) is 77.2 cm³/mol. The Morgan fingerprint density at radius 3 is 2.57 bits per heavy atom. The number of carbonyl (C=O) groups is 1. The van der Waals surface area contributed by atoms with E-state index in [-0.39, 0.29) is 18.9 Å². The number of methoxy groups -OCH3 is 1. The van der Waals surface area contributed by atoms with E-state index in [9.17, 15) is 18.0 Å². The van der Waals surface area contributed by atoms with Gasteiger partial charge in [0.15, 0.2) is 6.10 Å². The van der Waals surface area contributed by atoms with Gasteiger partial charge in [-0.1, -0.05) is 12.1 Å². The summed E-state index contributed by atoms with van der Waals surface area (Å²) >= 11 is 0. The molecule has 0 aliphatic carbocycles. The fourth-order valence-electron chi connectivity index (χ4n) is 1.68. The Kier molecular flexibility index (Phi) is 7.84. The highest BCUT2D eigenvalue weighted by molar-refractivity contribution is 5.80. The maximum absolute atomic E-state index is 12.8. The van der Waals surface area contributed by atoms with Gasteiger partial charge in [-0.25, -0.2) is 0 Å². The lowest BCUT2D eigenvalue weighted by Crippen LogP contribution is -2.38. The third-order valence-electron chi connectivity index (χ3n) is 2.84. The van der Waals surface area contributed by atoms with E-state index in [2.05, 4.69) is 5.32 Å². The number of hydrogen-bond donors (Lipinski definition) is 1. The smallest absolute Gasteiger partial charge is 0.419 e. The van der Waals surface area contributed by atoms with Crippen LogP contribution in [0.3, 0.4) is 0 Å². The quantitative estimate of drug-likeness (QED) is 0.703. The number of halogens is 3. The summed E-state index contributed by atoms with van der Waals surface area (Å²) in [5.41, 5.74) is -0.914. The Labute approximate surface area is 132 Å². The lowest BCUT2D eigenvalue weighted by atomic mass is 10.2. The number of carbonyl (C=O) groups excluding carboxylic acids is 1. The minimum atomic E-state index is -4.54. The van der Waals surface area contributed by atoms with Crippen molar-refractivity contribution in [1.29, 1.82) is 0 Å². The Morgan fingerprint density at radius 1 is 1.22 bits per heavy atom. The molecule has 0 spiro atoms. The largest absolute Gasteiger partial charge is 0.480 e. The molecule has 0 aliphatic heterocycles. The van der Waals surface area contributed by atoms with Crippen LogP contribution in [0.2, 0.25) is 0 Å². The molecule has 1 N–H and O–H groups in total. The van der Waals surface area contributed by atoms with Crippen LogP contribution in [0.15, 0.2) is 24.3 Å². The number of amides is 1. The monoisotopic (exact) mass is 335 g/mol. The Morgan fingerprint density at radius 2 is 1.91 bits per heavy atom. The number of ether oxygens (including phenoxy) is 3. The number of benzene rings is 1. The van der Waals surface area contributed by atoms with Gasteiger partial charge < -0.3 is 19.5 Å². The van der Waals surface area contributed by atoms with Crippen molar-refractivity contribution in [3.8, 4) is 5.75 Å². The van der Waals surface area contributed by atoms with Crippen molar-refractivity contribution in [1.82, 2.24) is 5.32 Å². The summed E-state index contributed by atoms with van der Waals surface area (Å²) in [6.45, 7) is 2.74. The average molecular weight is 335 g/mol. The van der Waals surface area contributed by atoms with Gasteiger partial charge in [-0.2, -0.15) is 13.2 Å². The molecule has 5 nitrogen and oxygen atoms in total. The van der Waals surface area contributed by atoms with Crippen LogP contribution in [-0.4, -0.2) is 45.5 Å². The minimum absolute atomic E-state index is 0.233. The minimum Gasteiger partial charge on any atom is -0.480 e. The van der Waals surface area contributed by atoms with E-state index in [0.29, 0.717) is 13.2 Å². The molecule has 8 heteroatoms. The SMILES string of the molecule is COCCOCCNC(=O)[C@@H](C)Oc1ccccc1C(F)(F)F. The van der Waals surface area contributed by atoms with Crippen LogP contribution in [0.4, 0.5) is 13.2 Å². The normalized spacial score (nSPS) is 12.7. The maximum Gasteiger partial charge on any atom is 0.419 e. The van der Waals surface area contributed by atoms with Gasteiger partial charge in [0, 0.05) is 13.7 Å². The second-order valence-corrected chi connectivity index (χ2v) is 4.65. The van der Waals surface area contributed by atoms with Gasteiger partial charge in [0.1, 0.15) is 5.75 Å². The van der Waals surface area contributed by atoms with Crippen molar-refractivity contribution >= 4 is 5.91 Å². The summed E-state index contributed by atoms with van der Waals surface area (Å²) in [6, 6.07) is 4.76. The topological polar surface area (TPSA) is 56.8 Å². The fourth-order valence-corrected chi connectivity index (χ4v) is 1.68. The molecule has 1 aromatic carbocycles. The molecule has 0 aromatic heterocycles. The first-order valence-corrected chi connectivity index (χ1v) is 7.03. The molecule has 130 valence electrons. The van der Waals surface area contributed by atoms with Crippen molar-refractivity contribution in [2.45, 2.75) is 19.2 Å². The summed E-state index contributed by atoms with van der Waals surface area (Å²) < 4.78 is 53.6. The van der Waals surface area contributed by atoms with Gasteiger partial charge in [-0.3, -0.25) is 4.79 Å². The van der Waals surface area contributed by atoms with Crippen LogP contribution in [0.5, 0.6) is 5.75 Å². The lowest BCUT2D eigenvalue weighted by Gasteiger charge is -2.18. The molecule has 23 heavy (non-hydrogen) atoms. The Hall–Kier alpha value is -1.80. The molecule has 1 atom stereocenters. The maximum atomic E-state index is 12.8. The van der Waals surface area contributed by atoms with Gasteiger partial charge in [0.05, 0.1) is 25.4 Å². The van der Waals surface area contributed by atoms with Crippen molar-refractivity contribution in [3.63, 3.8) is 0 Å². The summed E-state index contributed by atoms with van der Waals surface area (Å²) in [6.07, 6.45) is -5.60.